The number of ether oxygens (including phenoxy) is 2. The number of esters is 1. The summed E-state index contributed by atoms with van der Waals surface area (Å²) in [5.74, 6) is -1.84. The molecule has 0 saturated carbocycles. The molecule has 2 aromatic rings. The van der Waals surface area contributed by atoms with Gasteiger partial charge in [-0.15, -0.1) is 0 Å². The molecule has 0 aliphatic heterocycles. The van der Waals surface area contributed by atoms with E-state index in [0.717, 1.165) is 12.5 Å². The summed E-state index contributed by atoms with van der Waals surface area (Å²) < 4.78 is 23.9. The van der Waals surface area contributed by atoms with Crippen LogP contribution >= 0.6 is 0 Å². The number of rotatable bonds is 8. The quantitative estimate of drug-likeness (QED) is 0.523. The molecule has 2 rings (SSSR count). The van der Waals surface area contributed by atoms with Crippen LogP contribution in [-0.2, 0) is 9.53 Å². The van der Waals surface area contributed by atoms with E-state index in [9.17, 15) is 18.8 Å². The number of hydrogen-bond donors (Lipinski definition) is 2. The van der Waals surface area contributed by atoms with E-state index < -0.39 is 30.2 Å². The van der Waals surface area contributed by atoms with Gasteiger partial charge in [0.15, 0.2) is 6.61 Å². The van der Waals surface area contributed by atoms with Gasteiger partial charge in [0.2, 0.25) is 0 Å². The molecule has 0 aliphatic rings. The Morgan fingerprint density at radius 3 is 2.34 bits per heavy atom. The van der Waals surface area contributed by atoms with Gasteiger partial charge in [-0.1, -0.05) is 26.0 Å². The third kappa shape index (κ3) is 7.25. The minimum Gasteiger partial charge on any atom is -0.494 e. The van der Waals surface area contributed by atoms with Crippen LogP contribution in [-0.4, -0.2) is 31.0 Å². The van der Waals surface area contributed by atoms with Gasteiger partial charge in [-0.25, -0.2) is 9.18 Å². The molecule has 29 heavy (non-hydrogen) atoms. The number of amides is 2. The second-order valence-electron chi connectivity index (χ2n) is 6.61. The predicted octanol–water partition coefficient (Wildman–Crippen LogP) is 2.87. The molecule has 2 N–H and O–H groups in total. The predicted molar refractivity (Wildman–Crippen MR) is 104 cm³/mol. The van der Waals surface area contributed by atoms with Crippen LogP contribution < -0.4 is 15.6 Å². The fraction of sp³-hybridized carbons (Fsp3) is 0.286. The van der Waals surface area contributed by atoms with Crippen LogP contribution in [0.5, 0.6) is 5.75 Å². The summed E-state index contributed by atoms with van der Waals surface area (Å²) in [7, 11) is 0. The molecule has 0 aliphatic carbocycles. The van der Waals surface area contributed by atoms with E-state index in [4.69, 9.17) is 9.47 Å². The molecule has 7 nitrogen and oxygen atoms in total. The topological polar surface area (TPSA) is 93.7 Å². The maximum atomic E-state index is 13.5. The van der Waals surface area contributed by atoms with Crippen molar-refractivity contribution in [2.24, 2.45) is 5.92 Å². The highest BCUT2D eigenvalue weighted by molar-refractivity contribution is 5.96. The average Bonchev–Trinajstić information content (AvgIpc) is 2.70. The molecular formula is C21H23FN2O5. The van der Waals surface area contributed by atoms with Crippen molar-refractivity contribution >= 4 is 17.8 Å². The monoisotopic (exact) mass is 402 g/mol. The fourth-order valence-electron chi connectivity index (χ4n) is 2.19. The Hall–Kier alpha value is -3.42. The zero-order valence-electron chi connectivity index (χ0n) is 16.2. The van der Waals surface area contributed by atoms with Crippen LogP contribution in [0, 0.1) is 11.7 Å². The smallest absolute Gasteiger partial charge is 0.338 e. The second kappa shape index (κ2) is 10.8. The van der Waals surface area contributed by atoms with E-state index in [1.807, 2.05) is 0 Å². The van der Waals surface area contributed by atoms with Gasteiger partial charge in [0.1, 0.15) is 11.6 Å². The average molecular weight is 402 g/mol. The van der Waals surface area contributed by atoms with Gasteiger partial charge >= 0.3 is 5.97 Å². The van der Waals surface area contributed by atoms with E-state index >= 15 is 0 Å². The Labute approximate surface area is 168 Å². The van der Waals surface area contributed by atoms with E-state index in [1.54, 1.807) is 12.1 Å². The number of hydrazine groups is 1. The van der Waals surface area contributed by atoms with E-state index in [-0.39, 0.29) is 11.1 Å². The molecule has 0 unspecified atom stereocenters. The van der Waals surface area contributed by atoms with E-state index in [1.165, 1.54) is 30.3 Å². The highest BCUT2D eigenvalue weighted by Gasteiger charge is 2.13. The molecule has 0 aromatic heterocycles. The number of carbonyl (C=O) groups excluding carboxylic acids is 3. The van der Waals surface area contributed by atoms with Gasteiger partial charge in [0.25, 0.3) is 11.8 Å². The first kappa shape index (κ1) is 21.9. The minimum atomic E-state index is -0.823. The Kier molecular flexibility index (Phi) is 8.14. The van der Waals surface area contributed by atoms with Crippen molar-refractivity contribution in [2.75, 3.05) is 13.2 Å². The Bertz CT molecular complexity index is 852. The van der Waals surface area contributed by atoms with Crippen molar-refractivity contribution in [3.05, 3.63) is 65.5 Å². The molecule has 0 radical (unpaired) electrons. The molecular weight excluding hydrogens is 379 g/mol. The lowest BCUT2D eigenvalue weighted by atomic mass is 10.1. The minimum absolute atomic E-state index is 0.222. The molecule has 0 atom stereocenters. The highest BCUT2D eigenvalue weighted by Crippen LogP contribution is 2.14. The summed E-state index contributed by atoms with van der Waals surface area (Å²) >= 11 is 0. The van der Waals surface area contributed by atoms with Crippen molar-refractivity contribution in [3.63, 3.8) is 0 Å². The number of nitrogens with one attached hydrogen (secondary N) is 2. The summed E-state index contributed by atoms with van der Waals surface area (Å²) in [6.45, 7) is 4.18. The first-order valence-electron chi connectivity index (χ1n) is 9.10. The normalized spacial score (nSPS) is 10.3. The number of benzene rings is 2. The van der Waals surface area contributed by atoms with Crippen LogP contribution in [0.15, 0.2) is 48.5 Å². The van der Waals surface area contributed by atoms with Gasteiger partial charge < -0.3 is 9.47 Å². The highest BCUT2D eigenvalue weighted by atomic mass is 19.1. The van der Waals surface area contributed by atoms with Crippen molar-refractivity contribution < 1.29 is 28.2 Å². The van der Waals surface area contributed by atoms with Crippen LogP contribution in [0.1, 0.15) is 41.0 Å². The summed E-state index contributed by atoms with van der Waals surface area (Å²) in [5.41, 5.74) is 4.14. The number of hydrogen-bond acceptors (Lipinski definition) is 5. The van der Waals surface area contributed by atoms with Crippen molar-refractivity contribution in [1.29, 1.82) is 0 Å². The van der Waals surface area contributed by atoms with Gasteiger partial charge in [-0.2, -0.15) is 0 Å². The van der Waals surface area contributed by atoms with Gasteiger partial charge in [0, 0.05) is 0 Å². The number of carbonyl (C=O) groups is 3. The van der Waals surface area contributed by atoms with Gasteiger partial charge in [-0.3, -0.25) is 20.4 Å². The lowest BCUT2D eigenvalue weighted by Gasteiger charge is -2.10. The Morgan fingerprint density at radius 2 is 1.69 bits per heavy atom. The van der Waals surface area contributed by atoms with E-state index in [2.05, 4.69) is 24.7 Å². The lowest BCUT2D eigenvalue weighted by Crippen LogP contribution is -2.43. The Morgan fingerprint density at radius 1 is 1.00 bits per heavy atom. The second-order valence-corrected chi connectivity index (χ2v) is 6.61. The molecule has 0 heterocycles. The Balaban J connectivity index is 1.74. The van der Waals surface area contributed by atoms with Gasteiger partial charge in [0.05, 0.1) is 17.7 Å². The summed E-state index contributed by atoms with van der Waals surface area (Å²) in [4.78, 5) is 35.5. The summed E-state index contributed by atoms with van der Waals surface area (Å²) in [5, 5.41) is 0. The third-order valence-corrected chi connectivity index (χ3v) is 3.82. The zero-order valence-corrected chi connectivity index (χ0v) is 16.2. The van der Waals surface area contributed by atoms with Crippen molar-refractivity contribution in [3.8, 4) is 5.75 Å². The molecule has 2 aromatic carbocycles. The molecule has 0 fully saturated rings. The van der Waals surface area contributed by atoms with E-state index in [0.29, 0.717) is 18.3 Å². The molecule has 8 heteroatoms. The maximum Gasteiger partial charge on any atom is 0.338 e. The first-order valence-corrected chi connectivity index (χ1v) is 9.10. The summed E-state index contributed by atoms with van der Waals surface area (Å²) in [6.07, 6.45) is 0.923. The molecule has 154 valence electrons. The van der Waals surface area contributed by atoms with Crippen LogP contribution in [0.2, 0.25) is 0 Å². The van der Waals surface area contributed by atoms with Crippen LogP contribution in [0.3, 0.4) is 0 Å². The van der Waals surface area contributed by atoms with Crippen molar-refractivity contribution in [2.45, 2.75) is 20.3 Å². The SMILES string of the molecule is CC(C)CCOc1ccc(C(=O)OCC(=O)NNC(=O)c2ccccc2F)cc1. The van der Waals surface area contributed by atoms with Crippen molar-refractivity contribution in [1.82, 2.24) is 10.9 Å². The third-order valence-electron chi connectivity index (χ3n) is 3.82. The maximum absolute atomic E-state index is 13.5. The zero-order chi connectivity index (χ0) is 21.2. The van der Waals surface area contributed by atoms with Gasteiger partial charge in [-0.05, 0) is 48.7 Å². The largest absolute Gasteiger partial charge is 0.494 e. The number of halogens is 1. The molecule has 0 bridgehead atoms. The molecule has 0 spiro atoms. The molecule has 2 amide bonds. The lowest BCUT2D eigenvalue weighted by molar-refractivity contribution is -0.125. The summed E-state index contributed by atoms with van der Waals surface area (Å²) in [6, 6.07) is 11.7. The van der Waals surface area contributed by atoms with Crippen LogP contribution in [0.25, 0.3) is 0 Å². The standard InChI is InChI=1S/C21H23FN2O5/c1-14(2)11-12-28-16-9-7-15(8-10-16)21(27)29-13-19(25)23-24-20(26)17-5-3-4-6-18(17)22/h3-10,14H,11-13H2,1-2H3,(H,23,25)(H,24,26). The van der Waals surface area contributed by atoms with Crippen LogP contribution in [0.4, 0.5) is 4.39 Å². The molecule has 0 saturated heterocycles. The first-order chi connectivity index (χ1) is 13.9. The fourth-order valence-corrected chi connectivity index (χ4v) is 2.19.